The highest BCUT2D eigenvalue weighted by molar-refractivity contribution is 5.14. The maximum atomic E-state index is 5.11. The molecule has 0 aliphatic heterocycles. The van der Waals surface area contributed by atoms with Crippen LogP contribution in [0.2, 0.25) is 0 Å². The summed E-state index contributed by atoms with van der Waals surface area (Å²) in [5.74, 6) is 5.10. The summed E-state index contributed by atoms with van der Waals surface area (Å²) in [6.45, 7) is 38.3. The lowest BCUT2D eigenvalue weighted by Crippen LogP contribution is -2.14. The van der Waals surface area contributed by atoms with Crippen molar-refractivity contribution < 1.29 is 0 Å². The number of hydrogen-bond acceptors (Lipinski definition) is 0. The average molecular weight is 1280 g/mol. The smallest absolute Gasteiger partial charge is 0.00232 e. The molecule has 6 atom stereocenters. The van der Waals surface area contributed by atoms with Gasteiger partial charge in [0.05, 0.1) is 0 Å². The van der Waals surface area contributed by atoms with Gasteiger partial charge in [0, 0.05) is 0 Å². The molecule has 1 fully saturated rings. The lowest BCUT2D eigenvalue weighted by atomic mass is 9.79. The minimum atomic E-state index is 0.518. The minimum Gasteiger partial charge on any atom is -0.0999 e. The standard InChI is InChI=1S/C92H172/c1-13-19-24-29-44-57-70-88(69-55-27-22-16-4)80-87(18-6)68-56-45-40-49-61-76-91(75-60-48-39-38-43-54-67-82(8)84(10)89(71-58-28-23-17-5)72-59-46-30-25-20-14-2)86(12)92(77-62-47-31-26-21-15-3)79-78-81(7)65-52-41-36-34-32-33-35-37-42-53-66-83(9)85(11)90-73-63-50-51-64-74-90/h18,61,76,83-84,88-92H,7-8,11-17,19-60,62-75,77-80H2,1-6,9-10H3/b76-61-,87-18+. The summed E-state index contributed by atoms with van der Waals surface area (Å²) in [5.41, 5.74) is 7.99. The number of rotatable bonds is 71. The molecule has 0 N–H and O–H groups in total. The zero-order chi connectivity index (χ0) is 67.0. The molecule has 0 radical (unpaired) electrons. The van der Waals surface area contributed by atoms with Gasteiger partial charge < -0.3 is 0 Å². The van der Waals surface area contributed by atoms with Gasteiger partial charge in [0.1, 0.15) is 0 Å². The Hall–Kier alpha value is -1.56. The van der Waals surface area contributed by atoms with E-state index in [-0.39, 0.29) is 0 Å². The largest absolute Gasteiger partial charge is 0.0999 e. The van der Waals surface area contributed by atoms with Crippen molar-refractivity contribution in [2.45, 2.75) is 473 Å². The Kier molecular flexibility index (Phi) is 64.1. The molecule has 1 aliphatic rings. The SMILES string of the molecule is C=C(CCCCCCCCCCCCC(C)C(=C)C1CCCCCC1)CCC(CCCCCCCC)C(=C)C(/C=C\CCCCC/C(=C\C)CC(CCCCCC)CCCCCCCC)CCCCCCCCC(=C)C(C)C(CCCCCC)CCCCCCCC. The Labute approximate surface area is 583 Å². The fourth-order valence-electron chi connectivity index (χ4n) is 16.2. The van der Waals surface area contributed by atoms with Crippen LogP contribution >= 0.6 is 0 Å². The van der Waals surface area contributed by atoms with E-state index in [1.165, 1.54) is 423 Å². The average Bonchev–Trinajstić information content (AvgIpc) is 4.07. The Morgan fingerprint density at radius 3 is 1.26 bits per heavy atom. The first kappa shape index (κ1) is 88.5. The normalized spacial score (nSPS) is 15.4. The second kappa shape index (κ2) is 66.7. The number of unbranched alkanes of at least 4 members (excludes halogenated alkanes) is 38. The fourth-order valence-corrected chi connectivity index (χ4v) is 16.2. The van der Waals surface area contributed by atoms with Crippen LogP contribution in [0, 0.1) is 41.4 Å². The van der Waals surface area contributed by atoms with Gasteiger partial charge in [-0.05, 0) is 164 Å². The van der Waals surface area contributed by atoms with E-state index < -0.39 is 0 Å². The number of hydrogen-bond donors (Lipinski definition) is 0. The molecule has 0 aromatic rings. The predicted molar refractivity (Wildman–Crippen MR) is 424 cm³/mol. The zero-order valence-electron chi connectivity index (χ0n) is 65.1. The van der Waals surface area contributed by atoms with E-state index in [1.54, 1.807) is 22.3 Å². The zero-order valence-corrected chi connectivity index (χ0v) is 65.1. The monoisotopic (exact) mass is 1280 g/mol. The Morgan fingerprint density at radius 2 is 0.772 bits per heavy atom. The second-order valence-electron chi connectivity index (χ2n) is 31.7. The first-order valence-corrected chi connectivity index (χ1v) is 43.1. The van der Waals surface area contributed by atoms with Crippen LogP contribution < -0.4 is 0 Å². The third kappa shape index (κ3) is 51.6. The highest BCUT2D eigenvalue weighted by Gasteiger charge is 2.23. The summed E-state index contributed by atoms with van der Waals surface area (Å²) in [5, 5.41) is 0. The molecule has 0 spiro atoms. The van der Waals surface area contributed by atoms with Gasteiger partial charge in [-0.25, -0.2) is 0 Å². The molecular weight excluding hydrogens is 1110 g/mol. The molecule has 1 rings (SSSR count). The summed E-state index contributed by atoms with van der Waals surface area (Å²) in [7, 11) is 0. The van der Waals surface area contributed by atoms with Crippen LogP contribution in [0.15, 0.2) is 72.4 Å². The lowest BCUT2D eigenvalue weighted by molar-refractivity contribution is 0.321. The Morgan fingerprint density at radius 1 is 0.380 bits per heavy atom. The van der Waals surface area contributed by atoms with Gasteiger partial charge in [0.2, 0.25) is 0 Å². The van der Waals surface area contributed by atoms with Crippen LogP contribution in [-0.2, 0) is 0 Å². The summed E-state index contributed by atoms with van der Waals surface area (Å²) in [6.07, 6.45) is 97.7. The first-order valence-electron chi connectivity index (χ1n) is 43.1. The van der Waals surface area contributed by atoms with Gasteiger partial charge in [0.15, 0.2) is 0 Å². The molecule has 1 saturated carbocycles. The van der Waals surface area contributed by atoms with Crippen LogP contribution in [0.3, 0.4) is 0 Å². The molecule has 0 heteroatoms. The summed E-state index contributed by atoms with van der Waals surface area (Å²) in [6, 6.07) is 0. The topological polar surface area (TPSA) is 0 Å². The van der Waals surface area contributed by atoms with Crippen molar-refractivity contribution in [1.82, 2.24) is 0 Å². The highest BCUT2D eigenvalue weighted by atomic mass is 14.3. The second-order valence-corrected chi connectivity index (χ2v) is 31.7. The van der Waals surface area contributed by atoms with Crippen molar-refractivity contribution in [2.75, 3.05) is 0 Å². The van der Waals surface area contributed by atoms with Gasteiger partial charge in [-0.15, -0.1) is 0 Å². The third-order valence-corrected chi connectivity index (χ3v) is 23.3. The van der Waals surface area contributed by atoms with Crippen LogP contribution in [0.25, 0.3) is 0 Å². The van der Waals surface area contributed by atoms with E-state index in [0.717, 1.165) is 23.7 Å². The maximum Gasteiger partial charge on any atom is -0.00232 e. The van der Waals surface area contributed by atoms with E-state index in [4.69, 9.17) is 19.7 Å². The van der Waals surface area contributed by atoms with Gasteiger partial charge in [0.25, 0.3) is 0 Å². The molecule has 540 valence electrons. The van der Waals surface area contributed by atoms with Crippen molar-refractivity contribution >= 4 is 0 Å². The van der Waals surface area contributed by atoms with E-state index in [9.17, 15) is 0 Å². The van der Waals surface area contributed by atoms with Crippen molar-refractivity contribution in [2.24, 2.45) is 41.4 Å². The quantitative estimate of drug-likeness (QED) is 0.0323. The van der Waals surface area contributed by atoms with Crippen LogP contribution in [0.5, 0.6) is 0 Å². The van der Waals surface area contributed by atoms with E-state index in [1.807, 2.05) is 0 Å². The van der Waals surface area contributed by atoms with Crippen molar-refractivity contribution in [3.05, 3.63) is 72.4 Å². The molecule has 0 aromatic carbocycles. The molecule has 0 aromatic heterocycles. The minimum absolute atomic E-state index is 0.518. The van der Waals surface area contributed by atoms with E-state index in [2.05, 4.69) is 80.2 Å². The van der Waals surface area contributed by atoms with E-state index >= 15 is 0 Å². The fraction of sp³-hybridized carbons (Fsp3) is 0.870. The Balaban J connectivity index is 2.88. The molecule has 0 saturated heterocycles. The molecule has 0 bridgehead atoms. The molecule has 0 heterocycles. The molecular formula is C92H172. The summed E-state index contributed by atoms with van der Waals surface area (Å²) >= 11 is 0. The first-order chi connectivity index (χ1) is 45.1. The highest BCUT2D eigenvalue weighted by Crippen LogP contribution is 2.37. The van der Waals surface area contributed by atoms with E-state index in [0.29, 0.717) is 17.8 Å². The van der Waals surface area contributed by atoms with Crippen LogP contribution in [0.4, 0.5) is 0 Å². The lowest BCUT2D eigenvalue weighted by Gasteiger charge is -2.26. The summed E-state index contributed by atoms with van der Waals surface area (Å²) < 4.78 is 0. The van der Waals surface area contributed by atoms with Gasteiger partial charge in [-0.3, -0.25) is 0 Å². The van der Waals surface area contributed by atoms with Crippen molar-refractivity contribution in [3.8, 4) is 0 Å². The maximum absolute atomic E-state index is 5.11. The molecule has 0 nitrogen and oxygen atoms in total. The molecule has 1 aliphatic carbocycles. The van der Waals surface area contributed by atoms with Crippen molar-refractivity contribution in [1.29, 1.82) is 0 Å². The van der Waals surface area contributed by atoms with Crippen molar-refractivity contribution in [3.63, 3.8) is 0 Å². The summed E-state index contributed by atoms with van der Waals surface area (Å²) in [4.78, 5) is 0. The predicted octanol–water partition coefficient (Wildman–Crippen LogP) is 33.5. The molecule has 92 heavy (non-hydrogen) atoms. The van der Waals surface area contributed by atoms with Gasteiger partial charge in [-0.1, -0.05) is 423 Å². The van der Waals surface area contributed by atoms with Crippen LogP contribution in [-0.4, -0.2) is 0 Å². The molecule has 6 unspecified atom stereocenters. The Bertz CT molecular complexity index is 1670. The van der Waals surface area contributed by atoms with Gasteiger partial charge in [-0.2, -0.15) is 0 Å². The van der Waals surface area contributed by atoms with Crippen LogP contribution in [0.1, 0.15) is 473 Å². The third-order valence-electron chi connectivity index (χ3n) is 23.3. The van der Waals surface area contributed by atoms with Gasteiger partial charge >= 0.3 is 0 Å². The number of allylic oxidation sites excluding steroid dienone is 8. The molecule has 0 amide bonds.